The fourth-order valence-corrected chi connectivity index (χ4v) is 3.93. The Labute approximate surface area is 154 Å². The largest absolute Gasteiger partial charge is 0.368 e. The van der Waals surface area contributed by atoms with Crippen molar-refractivity contribution >= 4 is 29.1 Å². The van der Waals surface area contributed by atoms with Crippen LogP contribution in [0.1, 0.15) is 32.6 Å². The Balaban J connectivity index is 1.51. The van der Waals surface area contributed by atoms with Crippen LogP contribution < -0.4 is 10.2 Å². The van der Waals surface area contributed by atoms with E-state index in [9.17, 15) is 9.59 Å². The molecule has 1 saturated carbocycles. The lowest BCUT2D eigenvalue weighted by Gasteiger charge is -2.36. The van der Waals surface area contributed by atoms with Crippen LogP contribution in [0.15, 0.2) is 24.3 Å². The molecule has 25 heavy (non-hydrogen) atoms. The van der Waals surface area contributed by atoms with Crippen molar-refractivity contribution in [3.63, 3.8) is 0 Å². The standard InChI is InChI=1S/C19H26ClN3O2/c1-14-5-2-3-8-17(14)21-18(24)19(25)23-11-9-22(10-12-23)16-7-4-6-15(20)13-16/h4,6-7,13-14,17H,2-3,5,8-12H2,1H3,(H,21,24). The second kappa shape index (κ2) is 8.09. The first-order chi connectivity index (χ1) is 12.0. The lowest BCUT2D eigenvalue weighted by atomic mass is 9.86. The number of halogens is 1. The summed E-state index contributed by atoms with van der Waals surface area (Å²) in [6, 6.07) is 7.85. The van der Waals surface area contributed by atoms with Crippen LogP contribution in [0.4, 0.5) is 5.69 Å². The Bertz CT molecular complexity index is 629. The summed E-state index contributed by atoms with van der Waals surface area (Å²) in [6.07, 6.45) is 4.44. The molecule has 2 atom stereocenters. The maximum absolute atomic E-state index is 12.4. The van der Waals surface area contributed by atoms with E-state index in [0.717, 1.165) is 24.9 Å². The van der Waals surface area contributed by atoms with Gasteiger partial charge in [-0.2, -0.15) is 0 Å². The van der Waals surface area contributed by atoms with Gasteiger partial charge in [0.25, 0.3) is 0 Å². The Morgan fingerprint density at radius 3 is 2.52 bits per heavy atom. The van der Waals surface area contributed by atoms with E-state index in [4.69, 9.17) is 11.6 Å². The van der Waals surface area contributed by atoms with Gasteiger partial charge in [0, 0.05) is 42.9 Å². The van der Waals surface area contributed by atoms with Gasteiger partial charge < -0.3 is 15.1 Å². The lowest BCUT2D eigenvalue weighted by Crippen LogP contribution is -2.54. The third-order valence-electron chi connectivity index (χ3n) is 5.36. The first kappa shape index (κ1) is 18.1. The number of anilines is 1. The van der Waals surface area contributed by atoms with Crippen molar-refractivity contribution < 1.29 is 9.59 Å². The Morgan fingerprint density at radius 2 is 1.84 bits per heavy atom. The first-order valence-electron chi connectivity index (χ1n) is 9.15. The topological polar surface area (TPSA) is 52.7 Å². The smallest absolute Gasteiger partial charge is 0.312 e. The van der Waals surface area contributed by atoms with Gasteiger partial charge in [0.15, 0.2) is 0 Å². The number of nitrogens with zero attached hydrogens (tertiary/aromatic N) is 2. The second-order valence-corrected chi connectivity index (χ2v) is 7.54. The van der Waals surface area contributed by atoms with Gasteiger partial charge in [-0.1, -0.05) is 37.4 Å². The van der Waals surface area contributed by atoms with Crippen molar-refractivity contribution in [1.82, 2.24) is 10.2 Å². The van der Waals surface area contributed by atoms with Crippen LogP contribution in [-0.4, -0.2) is 48.9 Å². The fourth-order valence-electron chi connectivity index (χ4n) is 3.74. The summed E-state index contributed by atoms with van der Waals surface area (Å²) in [6.45, 7) is 4.68. The van der Waals surface area contributed by atoms with Gasteiger partial charge in [0.2, 0.25) is 0 Å². The third kappa shape index (κ3) is 4.46. The predicted molar refractivity (Wildman–Crippen MR) is 99.8 cm³/mol. The number of amides is 2. The minimum absolute atomic E-state index is 0.137. The summed E-state index contributed by atoms with van der Waals surface area (Å²) in [5, 5.41) is 3.66. The summed E-state index contributed by atoms with van der Waals surface area (Å²) in [7, 11) is 0. The van der Waals surface area contributed by atoms with Gasteiger partial charge in [-0.3, -0.25) is 9.59 Å². The maximum Gasteiger partial charge on any atom is 0.312 e. The Morgan fingerprint density at radius 1 is 1.12 bits per heavy atom. The second-order valence-electron chi connectivity index (χ2n) is 7.10. The quantitative estimate of drug-likeness (QED) is 0.822. The van der Waals surface area contributed by atoms with E-state index >= 15 is 0 Å². The molecule has 6 heteroatoms. The number of hydrogen-bond donors (Lipinski definition) is 1. The van der Waals surface area contributed by atoms with Crippen molar-refractivity contribution in [3.05, 3.63) is 29.3 Å². The highest BCUT2D eigenvalue weighted by molar-refractivity contribution is 6.35. The molecule has 2 amide bonds. The summed E-state index contributed by atoms with van der Waals surface area (Å²) in [4.78, 5) is 28.6. The fraction of sp³-hybridized carbons (Fsp3) is 0.579. The average molecular weight is 364 g/mol. The van der Waals surface area contributed by atoms with Crippen molar-refractivity contribution in [2.45, 2.75) is 38.6 Å². The Hall–Kier alpha value is -1.75. The van der Waals surface area contributed by atoms with Gasteiger partial charge in [-0.15, -0.1) is 0 Å². The average Bonchev–Trinajstić information content (AvgIpc) is 2.63. The summed E-state index contributed by atoms with van der Waals surface area (Å²) < 4.78 is 0. The molecule has 1 saturated heterocycles. The van der Waals surface area contributed by atoms with Gasteiger partial charge in [-0.05, 0) is 37.0 Å². The molecule has 0 spiro atoms. The van der Waals surface area contributed by atoms with Gasteiger partial charge in [0.05, 0.1) is 0 Å². The van der Waals surface area contributed by atoms with Crippen LogP contribution >= 0.6 is 11.6 Å². The molecule has 3 rings (SSSR count). The molecule has 0 aromatic heterocycles. The normalized spacial score (nSPS) is 24.1. The van der Waals surface area contributed by atoms with Crippen molar-refractivity contribution in [2.75, 3.05) is 31.1 Å². The molecule has 1 aromatic rings. The lowest BCUT2D eigenvalue weighted by molar-refractivity contribution is -0.146. The Kier molecular flexibility index (Phi) is 5.84. The van der Waals surface area contributed by atoms with Crippen LogP contribution in [0.25, 0.3) is 0 Å². The van der Waals surface area contributed by atoms with E-state index in [-0.39, 0.29) is 6.04 Å². The predicted octanol–water partition coefficient (Wildman–Crippen LogP) is 2.68. The number of nitrogens with one attached hydrogen (secondary N) is 1. The first-order valence-corrected chi connectivity index (χ1v) is 9.52. The van der Waals surface area contributed by atoms with Crippen molar-refractivity contribution in [1.29, 1.82) is 0 Å². The summed E-state index contributed by atoms with van der Waals surface area (Å²) in [5.74, 6) is -0.399. The molecule has 2 aliphatic rings. The van der Waals surface area contributed by atoms with Crippen LogP contribution in [0.2, 0.25) is 5.02 Å². The molecule has 2 unspecified atom stereocenters. The van der Waals surface area contributed by atoms with E-state index in [0.29, 0.717) is 37.1 Å². The van der Waals surface area contributed by atoms with Gasteiger partial charge in [-0.25, -0.2) is 0 Å². The number of rotatable bonds is 2. The molecule has 0 bridgehead atoms. The number of piperazine rings is 1. The molecule has 1 aliphatic carbocycles. The molecule has 1 aliphatic heterocycles. The van der Waals surface area contributed by atoms with E-state index < -0.39 is 11.8 Å². The van der Waals surface area contributed by atoms with Crippen LogP contribution in [0.3, 0.4) is 0 Å². The van der Waals surface area contributed by atoms with E-state index in [1.165, 1.54) is 6.42 Å². The summed E-state index contributed by atoms with van der Waals surface area (Å²) >= 11 is 6.04. The van der Waals surface area contributed by atoms with E-state index in [1.54, 1.807) is 4.90 Å². The van der Waals surface area contributed by atoms with Gasteiger partial charge >= 0.3 is 11.8 Å². The highest BCUT2D eigenvalue weighted by Gasteiger charge is 2.29. The molecule has 1 heterocycles. The van der Waals surface area contributed by atoms with Crippen molar-refractivity contribution in [2.24, 2.45) is 5.92 Å². The highest BCUT2D eigenvalue weighted by atomic mass is 35.5. The molecule has 1 aromatic carbocycles. The van der Waals surface area contributed by atoms with Crippen molar-refractivity contribution in [3.8, 4) is 0 Å². The number of hydrogen-bond acceptors (Lipinski definition) is 3. The zero-order valence-electron chi connectivity index (χ0n) is 14.7. The minimum Gasteiger partial charge on any atom is -0.368 e. The molecule has 136 valence electrons. The zero-order valence-corrected chi connectivity index (χ0v) is 15.5. The van der Waals surface area contributed by atoms with E-state index in [2.05, 4.69) is 17.1 Å². The number of carbonyl (C=O) groups is 2. The highest BCUT2D eigenvalue weighted by Crippen LogP contribution is 2.24. The zero-order chi connectivity index (χ0) is 17.8. The number of carbonyl (C=O) groups excluding carboxylic acids is 2. The molecule has 5 nitrogen and oxygen atoms in total. The molecule has 0 radical (unpaired) electrons. The van der Waals surface area contributed by atoms with Crippen LogP contribution in [-0.2, 0) is 9.59 Å². The monoisotopic (exact) mass is 363 g/mol. The van der Waals surface area contributed by atoms with Crippen LogP contribution in [0, 0.1) is 5.92 Å². The molecule has 2 fully saturated rings. The maximum atomic E-state index is 12.4. The summed E-state index contributed by atoms with van der Waals surface area (Å²) in [5.41, 5.74) is 1.06. The van der Waals surface area contributed by atoms with E-state index in [1.807, 2.05) is 24.3 Å². The molecular weight excluding hydrogens is 338 g/mol. The SMILES string of the molecule is CC1CCCCC1NC(=O)C(=O)N1CCN(c2cccc(Cl)c2)CC1. The minimum atomic E-state index is -0.449. The van der Waals surface area contributed by atoms with Gasteiger partial charge in [0.1, 0.15) is 0 Å². The molecule has 1 N–H and O–H groups in total. The van der Waals surface area contributed by atoms with Crippen LogP contribution in [0.5, 0.6) is 0 Å². The number of benzene rings is 1. The molecular formula is C19H26ClN3O2. The third-order valence-corrected chi connectivity index (χ3v) is 5.60.